The highest BCUT2D eigenvalue weighted by Crippen LogP contribution is 2.28. The lowest BCUT2D eigenvalue weighted by Gasteiger charge is -2.14. The quantitative estimate of drug-likeness (QED) is 0.302. The lowest BCUT2D eigenvalue weighted by Crippen LogP contribution is -2.40. The summed E-state index contributed by atoms with van der Waals surface area (Å²) in [4.78, 5) is 11.5. The van der Waals surface area contributed by atoms with Gasteiger partial charge in [-0.15, -0.1) is 0 Å². The molecule has 0 saturated carbocycles. The van der Waals surface area contributed by atoms with Crippen LogP contribution < -0.4 is 10.6 Å². The van der Waals surface area contributed by atoms with E-state index in [1.54, 1.807) is 5.32 Å². The largest absolute Gasteiger partial charge is 0.433 e. The van der Waals surface area contributed by atoms with Gasteiger partial charge >= 0.3 is 12.2 Å². The smallest absolute Gasteiger partial charge is 0.338 e. The first-order valence-corrected chi connectivity index (χ1v) is 9.54. The van der Waals surface area contributed by atoms with Crippen molar-refractivity contribution in [1.82, 2.24) is 10.6 Å². The molecule has 2 amide bonds. The van der Waals surface area contributed by atoms with Gasteiger partial charge in [0, 0.05) is 6.54 Å². The number of rotatable bonds is 12. The third kappa shape index (κ3) is 12.7. The maximum absolute atomic E-state index is 12.7. The lowest BCUT2D eigenvalue weighted by molar-refractivity contribution is -0.0955. The fourth-order valence-corrected chi connectivity index (χ4v) is 2.60. The van der Waals surface area contributed by atoms with Gasteiger partial charge < -0.3 is 10.6 Å². The average molecular weight is 426 g/mol. The minimum Gasteiger partial charge on any atom is -0.338 e. The standard InChI is InChI=1S/C17H27BrF3N3O/c1-2-3-4-5-6-7-8-9-10-11-12-23-16(25)24-15(14(18)13-22)17(19,20)21/h2-12H2,1H3,(H2,23,24,25). The molecule has 0 aliphatic rings. The van der Waals surface area contributed by atoms with E-state index in [1.807, 2.05) is 0 Å². The van der Waals surface area contributed by atoms with Crippen LogP contribution in [0.15, 0.2) is 10.2 Å². The van der Waals surface area contributed by atoms with Gasteiger partial charge in [0.1, 0.15) is 16.2 Å². The van der Waals surface area contributed by atoms with E-state index < -0.39 is 22.4 Å². The van der Waals surface area contributed by atoms with Crippen molar-refractivity contribution in [2.24, 2.45) is 0 Å². The zero-order valence-corrected chi connectivity index (χ0v) is 16.2. The molecule has 0 aromatic carbocycles. The van der Waals surface area contributed by atoms with Crippen molar-refractivity contribution in [3.05, 3.63) is 10.2 Å². The van der Waals surface area contributed by atoms with Crippen LogP contribution in [0.4, 0.5) is 18.0 Å². The number of unbranched alkanes of at least 4 members (excludes halogenated alkanes) is 9. The van der Waals surface area contributed by atoms with Gasteiger partial charge in [-0.3, -0.25) is 0 Å². The number of allylic oxidation sites excluding steroid dienone is 2. The van der Waals surface area contributed by atoms with Crippen molar-refractivity contribution >= 4 is 22.0 Å². The highest BCUT2D eigenvalue weighted by molar-refractivity contribution is 9.12. The molecule has 4 nitrogen and oxygen atoms in total. The predicted molar refractivity (Wildman–Crippen MR) is 96.0 cm³/mol. The van der Waals surface area contributed by atoms with Crippen LogP contribution in [0.25, 0.3) is 0 Å². The summed E-state index contributed by atoms with van der Waals surface area (Å²) in [5.74, 6) is 0. The first-order chi connectivity index (χ1) is 11.8. The SMILES string of the molecule is CCCCCCCCCCCCNC(=O)NC(=C(Br)C#N)C(F)(F)F. The molecule has 0 unspecified atom stereocenters. The molecule has 0 bridgehead atoms. The van der Waals surface area contributed by atoms with Crippen molar-refractivity contribution in [2.45, 2.75) is 77.3 Å². The maximum Gasteiger partial charge on any atom is 0.433 e. The van der Waals surface area contributed by atoms with Gasteiger partial charge in [-0.25, -0.2) is 4.79 Å². The van der Waals surface area contributed by atoms with Crippen LogP contribution in [0.2, 0.25) is 0 Å². The number of nitrogens with one attached hydrogen (secondary N) is 2. The topological polar surface area (TPSA) is 64.9 Å². The van der Waals surface area contributed by atoms with Crippen LogP contribution in [-0.4, -0.2) is 18.8 Å². The number of hydrogen-bond donors (Lipinski definition) is 2. The number of nitrogens with zero attached hydrogens (tertiary/aromatic N) is 1. The Morgan fingerprint density at radius 2 is 1.48 bits per heavy atom. The molecule has 144 valence electrons. The number of alkyl halides is 3. The van der Waals surface area contributed by atoms with Gasteiger partial charge in [0.25, 0.3) is 0 Å². The van der Waals surface area contributed by atoms with Crippen LogP contribution in [-0.2, 0) is 0 Å². The molecule has 0 aliphatic heterocycles. The third-order valence-electron chi connectivity index (χ3n) is 3.66. The van der Waals surface area contributed by atoms with E-state index in [1.165, 1.54) is 44.6 Å². The maximum atomic E-state index is 12.7. The van der Waals surface area contributed by atoms with E-state index >= 15 is 0 Å². The summed E-state index contributed by atoms with van der Waals surface area (Å²) in [5.41, 5.74) is -1.39. The van der Waals surface area contributed by atoms with E-state index in [-0.39, 0.29) is 0 Å². The second-order valence-corrected chi connectivity index (χ2v) is 6.65. The fourth-order valence-electron chi connectivity index (χ4n) is 2.28. The predicted octanol–water partition coefficient (Wildman–Crippen LogP) is 5.90. The summed E-state index contributed by atoms with van der Waals surface area (Å²) < 4.78 is 37.3. The van der Waals surface area contributed by atoms with Crippen molar-refractivity contribution in [2.75, 3.05) is 6.54 Å². The molecule has 2 N–H and O–H groups in total. The number of halogens is 4. The Morgan fingerprint density at radius 3 is 1.92 bits per heavy atom. The molecule has 0 fully saturated rings. The molecule has 25 heavy (non-hydrogen) atoms. The minimum absolute atomic E-state index is 0.303. The highest BCUT2D eigenvalue weighted by Gasteiger charge is 2.37. The van der Waals surface area contributed by atoms with E-state index in [0.717, 1.165) is 19.3 Å². The van der Waals surface area contributed by atoms with E-state index in [0.29, 0.717) is 13.0 Å². The molecule has 0 aliphatic carbocycles. The van der Waals surface area contributed by atoms with Crippen molar-refractivity contribution in [3.63, 3.8) is 0 Å². The number of carbonyl (C=O) groups excluding carboxylic acids is 1. The summed E-state index contributed by atoms with van der Waals surface area (Å²) in [7, 11) is 0. The van der Waals surface area contributed by atoms with Crippen LogP contribution >= 0.6 is 15.9 Å². The van der Waals surface area contributed by atoms with Gasteiger partial charge in [0.05, 0.1) is 0 Å². The van der Waals surface area contributed by atoms with E-state index in [9.17, 15) is 18.0 Å². The van der Waals surface area contributed by atoms with Crippen LogP contribution in [0, 0.1) is 11.3 Å². The zero-order valence-electron chi connectivity index (χ0n) is 14.6. The second kappa shape index (κ2) is 14.0. The number of carbonyl (C=O) groups is 1. The number of amides is 2. The molecule has 0 aromatic rings. The minimum atomic E-state index is -4.80. The lowest BCUT2D eigenvalue weighted by atomic mass is 10.1. The Bertz CT molecular complexity index is 459. The molecular formula is C17H27BrF3N3O. The molecule has 0 heterocycles. The molecule has 0 saturated heterocycles. The van der Waals surface area contributed by atoms with Crippen LogP contribution in [0.1, 0.15) is 71.1 Å². The molecule has 0 aromatic heterocycles. The van der Waals surface area contributed by atoms with Crippen LogP contribution in [0.3, 0.4) is 0 Å². The molecular weight excluding hydrogens is 399 g/mol. The first-order valence-electron chi connectivity index (χ1n) is 8.74. The highest BCUT2D eigenvalue weighted by atomic mass is 79.9. The van der Waals surface area contributed by atoms with Crippen molar-refractivity contribution < 1.29 is 18.0 Å². The Labute approximate surface area is 156 Å². The van der Waals surface area contributed by atoms with Gasteiger partial charge in [0.15, 0.2) is 0 Å². The van der Waals surface area contributed by atoms with Crippen molar-refractivity contribution in [1.29, 1.82) is 5.26 Å². The summed E-state index contributed by atoms with van der Waals surface area (Å²) in [6.45, 7) is 2.49. The number of hydrogen-bond acceptors (Lipinski definition) is 2. The van der Waals surface area contributed by atoms with Gasteiger partial charge in [-0.05, 0) is 22.4 Å². The second-order valence-electron chi connectivity index (χ2n) is 5.86. The molecule has 0 radical (unpaired) electrons. The number of urea groups is 1. The van der Waals surface area contributed by atoms with Gasteiger partial charge in [0.2, 0.25) is 0 Å². The normalized spacial score (nSPS) is 12.3. The average Bonchev–Trinajstić information content (AvgIpc) is 2.55. The Hall–Kier alpha value is -1.23. The summed E-state index contributed by atoms with van der Waals surface area (Å²) in [6.07, 6.45) is 6.63. The molecule has 0 spiro atoms. The molecule has 0 atom stereocenters. The Morgan fingerprint density at radius 1 is 1.00 bits per heavy atom. The summed E-state index contributed by atoms with van der Waals surface area (Å²) in [6, 6.07) is 0.360. The van der Waals surface area contributed by atoms with Crippen molar-refractivity contribution in [3.8, 4) is 6.07 Å². The van der Waals surface area contributed by atoms with Crippen LogP contribution in [0.5, 0.6) is 0 Å². The third-order valence-corrected chi connectivity index (χ3v) is 4.23. The summed E-state index contributed by atoms with van der Waals surface area (Å²) >= 11 is 2.50. The Kier molecular flexibility index (Phi) is 13.3. The van der Waals surface area contributed by atoms with Gasteiger partial charge in [-0.2, -0.15) is 18.4 Å². The molecule has 0 rings (SSSR count). The number of nitriles is 1. The molecule has 8 heteroatoms. The van der Waals surface area contributed by atoms with E-state index in [4.69, 9.17) is 5.26 Å². The first kappa shape index (κ1) is 23.8. The zero-order chi connectivity index (χ0) is 19.1. The Balaban J connectivity index is 3.79. The van der Waals surface area contributed by atoms with Gasteiger partial charge in [-0.1, -0.05) is 64.7 Å². The fraction of sp³-hybridized carbons (Fsp3) is 0.765. The summed E-state index contributed by atoms with van der Waals surface area (Å²) in [5, 5.41) is 12.6. The monoisotopic (exact) mass is 425 g/mol. The van der Waals surface area contributed by atoms with E-state index in [2.05, 4.69) is 28.2 Å².